The summed E-state index contributed by atoms with van der Waals surface area (Å²) < 4.78 is 65.2. The second-order valence-electron chi connectivity index (χ2n) is 23.3. The number of carbonyl (C=O) groups is 1. The molecule has 3 saturated heterocycles. The van der Waals surface area contributed by atoms with E-state index in [9.17, 15) is 29.6 Å². The zero-order valence-corrected chi connectivity index (χ0v) is 47.4. The van der Waals surface area contributed by atoms with Gasteiger partial charge in [0.25, 0.3) is 0 Å². The Bertz CT molecular complexity index is 2030. The maximum Gasteiger partial charge on any atom is 0.311 e. The molecule has 5 heterocycles. The van der Waals surface area contributed by atoms with Gasteiger partial charge in [-0.1, -0.05) is 51.1 Å². The number of rotatable bonds is 16. The fraction of sp³-hybridized carbons (Fsp3) is 0.804. The normalized spacial score (nSPS) is 39.9. The van der Waals surface area contributed by atoms with Crippen LogP contribution in [0.3, 0.4) is 0 Å². The number of benzene rings is 1. The molecule has 0 radical (unpaired) electrons. The average Bonchev–Trinajstić information content (AvgIpc) is 3.85. The molecule has 0 spiro atoms. The number of likely N-dealkylation sites (N-methyl/N-ethyl adjacent to an activating group) is 2. The molecule has 6 N–H and O–H groups in total. The quantitative estimate of drug-likeness (QED) is 0.115. The zero-order chi connectivity index (χ0) is 55.2. The molecule has 19 atom stereocenters. The summed E-state index contributed by atoms with van der Waals surface area (Å²) in [5.41, 5.74) is 6.34. The van der Waals surface area contributed by atoms with Crippen LogP contribution in [0.5, 0.6) is 0 Å². The summed E-state index contributed by atoms with van der Waals surface area (Å²) in [6.45, 7) is 19.7. The van der Waals surface area contributed by atoms with Crippen LogP contribution in [-0.4, -0.2) is 193 Å². The Balaban J connectivity index is 1.23. The van der Waals surface area contributed by atoms with Gasteiger partial charge < -0.3 is 73.5 Å². The van der Waals surface area contributed by atoms with E-state index < -0.39 is 109 Å². The number of halogens is 1. The molecule has 0 saturated carbocycles. The number of ether oxygens (including phenoxy) is 8. The highest BCUT2D eigenvalue weighted by Gasteiger charge is 2.52. The molecule has 5 aliphatic rings. The van der Waals surface area contributed by atoms with Crippen molar-refractivity contribution in [2.45, 2.75) is 211 Å². The van der Waals surface area contributed by atoms with Crippen LogP contribution < -0.4 is 11.0 Å². The van der Waals surface area contributed by atoms with Gasteiger partial charge in [0.15, 0.2) is 12.6 Å². The highest BCUT2D eigenvalue weighted by molar-refractivity contribution is 5.73. The van der Waals surface area contributed by atoms with Gasteiger partial charge in [0.05, 0.1) is 54.7 Å². The van der Waals surface area contributed by atoms with E-state index in [0.29, 0.717) is 52.0 Å². The third kappa shape index (κ3) is 14.9. The number of carbonyl (C=O) groups excluding carboxylic acids is 1. The van der Waals surface area contributed by atoms with Gasteiger partial charge in [-0.15, -0.1) is 5.53 Å². The second kappa shape index (κ2) is 26.4. The average molecular weight is 1060 g/mol. The van der Waals surface area contributed by atoms with Crippen molar-refractivity contribution in [1.29, 1.82) is 0 Å². The molecule has 0 aromatic heterocycles. The maximum atomic E-state index is 15.0. The monoisotopic (exact) mass is 1060 g/mol. The summed E-state index contributed by atoms with van der Waals surface area (Å²) in [5.74, 6) is -2.62. The van der Waals surface area contributed by atoms with Gasteiger partial charge in [-0.2, -0.15) is 0 Å². The van der Waals surface area contributed by atoms with E-state index in [-0.39, 0.29) is 31.0 Å². The molecule has 1 aromatic rings. The van der Waals surface area contributed by atoms with Crippen LogP contribution in [0.1, 0.15) is 131 Å². The van der Waals surface area contributed by atoms with Crippen LogP contribution in [0.25, 0.3) is 5.57 Å². The Hall–Kier alpha value is -2.86. The van der Waals surface area contributed by atoms with Crippen molar-refractivity contribution >= 4 is 11.5 Å². The summed E-state index contributed by atoms with van der Waals surface area (Å²) in [6, 6.07) is 6.40. The number of nitrogens with zero attached hydrogens (tertiary/aromatic N) is 3. The van der Waals surface area contributed by atoms with Crippen molar-refractivity contribution < 1.29 is 67.5 Å². The number of aliphatic hydroxyl groups is 4. The number of cyclic esters (lactones) is 1. The van der Waals surface area contributed by atoms with Gasteiger partial charge in [-0.25, -0.2) is 4.39 Å². The predicted octanol–water partition coefficient (Wildman–Crippen LogP) is 5.39. The van der Waals surface area contributed by atoms with E-state index in [4.69, 9.17) is 37.9 Å². The number of hydrogen-bond donors (Lipinski definition) is 6. The molecule has 428 valence electrons. The first-order chi connectivity index (χ1) is 35.4. The molecule has 0 bridgehead atoms. The summed E-state index contributed by atoms with van der Waals surface area (Å²) in [5, 5.41) is 50.5. The van der Waals surface area contributed by atoms with E-state index in [2.05, 4.69) is 21.9 Å². The van der Waals surface area contributed by atoms with Crippen LogP contribution >= 0.6 is 0 Å². The minimum atomic E-state index is -1.82. The Morgan fingerprint density at radius 3 is 2.31 bits per heavy atom. The highest BCUT2D eigenvalue weighted by Crippen LogP contribution is 2.41. The van der Waals surface area contributed by atoms with Gasteiger partial charge in [0, 0.05) is 76.5 Å². The van der Waals surface area contributed by atoms with Crippen molar-refractivity contribution in [2.24, 2.45) is 17.8 Å². The number of nitrogens with one attached hydrogen (secondary N) is 2. The maximum absolute atomic E-state index is 15.0. The fourth-order valence-corrected chi connectivity index (χ4v) is 12.3. The third-order valence-corrected chi connectivity index (χ3v) is 16.9. The molecule has 1 aromatic carbocycles. The lowest BCUT2D eigenvalue weighted by Gasteiger charge is -2.48. The van der Waals surface area contributed by atoms with Crippen molar-refractivity contribution in [3.63, 3.8) is 0 Å². The number of hydrogen-bond acceptors (Lipinski definition) is 18. The largest absolute Gasteiger partial charge is 0.459 e. The molecule has 0 amide bonds. The van der Waals surface area contributed by atoms with Crippen molar-refractivity contribution in [3.8, 4) is 0 Å². The van der Waals surface area contributed by atoms with E-state index in [0.717, 1.165) is 23.2 Å². The Labute approximate surface area is 446 Å². The number of esters is 1. The molecule has 6 rings (SSSR count). The van der Waals surface area contributed by atoms with E-state index in [1.807, 2.05) is 91.0 Å². The minimum absolute atomic E-state index is 0.180. The summed E-state index contributed by atoms with van der Waals surface area (Å²) in [7, 11) is 7.02. The van der Waals surface area contributed by atoms with Crippen LogP contribution in [0, 0.1) is 17.8 Å². The van der Waals surface area contributed by atoms with Gasteiger partial charge in [0.2, 0.25) is 0 Å². The molecule has 5 aliphatic heterocycles. The number of aliphatic hydroxyl groups excluding tert-OH is 2. The first-order valence-electron chi connectivity index (χ1n) is 27.4. The number of methoxy groups -OCH3 is 2. The number of alkyl halides is 1. The standard InChI is InChI=1S/C56H94FN5O13/c1-15-45-56(10,67)50(64)38(7)61(12)31-33(2)27-55(9,66)51(36(5)48(37(6)52(65)73-45)74-46-29-54(8,69-14)28-35(4)71-46)75-53-47(63)43(26-34(3)72-53)60(11)23-20-42-32-62(59-58-42)44(30-57)49(68-13)41-18-16-39(17-19-41)40-21-24-70-25-22-40/h16-19,21,32-38,43-51,53,58-59,63-64,66-67H,15,20,22-31H2,1-14H3/t33-,34-,35+,36+,37-,38-,43+,44-,45-,46+,47-,48+,49-,50-,51-,53+,54+,55-,56-/m1/s1. The van der Waals surface area contributed by atoms with Gasteiger partial charge in [0.1, 0.15) is 42.7 Å². The molecule has 0 unspecified atom stereocenters. The first kappa shape index (κ1) is 61.4. The van der Waals surface area contributed by atoms with E-state index >= 15 is 0 Å². The van der Waals surface area contributed by atoms with Crippen LogP contribution in [-0.2, 0) is 42.7 Å². The lowest BCUT2D eigenvalue weighted by Crippen LogP contribution is -2.60. The fourth-order valence-electron chi connectivity index (χ4n) is 12.3. The Kier molecular flexibility index (Phi) is 21.6. The Morgan fingerprint density at radius 2 is 1.68 bits per heavy atom. The summed E-state index contributed by atoms with van der Waals surface area (Å²) in [4.78, 5) is 18.5. The summed E-state index contributed by atoms with van der Waals surface area (Å²) >= 11 is 0. The van der Waals surface area contributed by atoms with Gasteiger partial charge in [-0.05, 0) is 111 Å². The van der Waals surface area contributed by atoms with Crippen molar-refractivity contribution in [3.05, 3.63) is 53.4 Å². The minimum Gasteiger partial charge on any atom is -0.459 e. The van der Waals surface area contributed by atoms with Crippen LogP contribution in [0.4, 0.5) is 4.39 Å². The molecule has 18 nitrogen and oxygen atoms in total. The van der Waals surface area contributed by atoms with E-state index in [1.165, 1.54) is 12.5 Å². The molecule has 19 heteroatoms. The topological polar surface area (TPSA) is 206 Å². The summed E-state index contributed by atoms with van der Waals surface area (Å²) in [6.07, 6.45) is -1.66. The highest BCUT2D eigenvalue weighted by atomic mass is 19.1. The van der Waals surface area contributed by atoms with Gasteiger partial charge >= 0.3 is 5.97 Å². The molecular formula is C56H94FN5O13. The first-order valence-corrected chi connectivity index (χ1v) is 27.4. The second-order valence-corrected chi connectivity index (χ2v) is 23.3. The van der Waals surface area contributed by atoms with Crippen molar-refractivity contribution in [2.75, 3.05) is 61.3 Å². The molecular weight excluding hydrogens is 970 g/mol. The zero-order valence-electron chi connectivity index (χ0n) is 47.4. The lowest BCUT2D eigenvalue weighted by molar-refractivity contribution is -0.310. The lowest BCUT2D eigenvalue weighted by atomic mass is 9.77. The van der Waals surface area contributed by atoms with E-state index in [1.54, 1.807) is 40.0 Å². The molecule has 3 fully saturated rings. The van der Waals surface area contributed by atoms with Gasteiger partial charge in [-0.3, -0.25) is 9.80 Å². The SMILES string of the molecule is CC[C@H]1OC(=O)[C@H](C)[C@@H](O[C@H]2C[C@@](C)(OC)C[C@H](C)O2)[C@H](C)[C@@H](O[C@@H]2O[C@H](C)C[C@H](N(C)CCC3=CN([C@H](CF)[C@H](OC)c4ccc(C5=CCOCC5)cc4)NN3)[C@H]2O)[C@](C)(O)C[C@@H](C)CN(C)[C@H](C)[C@@H](O)[C@]1(C)O. The predicted molar refractivity (Wildman–Crippen MR) is 282 cm³/mol. The van der Waals surface area contributed by atoms with Crippen molar-refractivity contribution in [1.82, 2.24) is 25.8 Å². The van der Waals surface area contributed by atoms with Crippen LogP contribution in [0.2, 0.25) is 0 Å². The van der Waals surface area contributed by atoms with Crippen LogP contribution in [0.15, 0.2) is 42.2 Å². The molecule has 75 heavy (non-hydrogen) atoms. The molecule has 0 aliphatic carbocycles. The third-order valence-electron chi connectivity index (χ3n) is 16.9. The smallest absolute Gasteiger partial charge is 0.311 e. The Morgan fingerprint density at radius 1 is 0.973 bits per heavy atom. The number of hydrazine groups is 2.